The molecule has 0 bridgehead atoms. The van der Waals surface area contributed by atoms with Crippen molar-refractivity contribution in [1.82, 2.24) is 0 Å². The Labute approximate surface area is 137 Å². The van der Waals surface area contributed by atoms with Crippen LogP contribution in [-0.4, -0.2) is 17.4 Å². The third-order valence-electron chi connectivity index (χ3n) is 3.48. The summed E-state index contributed by atoms with van der Waals surface area (Å²) in [5, 5.41) is 0. The lowest BCUT2D eigenvalue weighted by Gasteiger charge is -2.33. The number of hydrogen-bond donors (Lipinski definition) is 0. The highest BCUT2D eigenvalue weighted by Gasteiger charge is 2.28. The Morgan fingerprint density at radius 3 is 1.75 bits per heavy atom. The monoisotopic (exact) mass is 387 g/mol. The second-order valence-corrected chi connectivity index (χ2v) is 8.05. The van der Waals surface area contributed by atoms with E-state index in [9.17, 15) is 4.79 Å². The van der Waals surface area contributed by atoms with E-state index >= 15 is 0 Å². The van der Waals surface area contributed by atoms with Gasteiger partial charge in [0.15, 0.2) is 0 Å². The van der Waals surface area contributed by atoms with Gasteiger partial charge in [0.05, 0.1) is 10.1 Å². The minimum absolute atomic E-state index is 0.0103. The Hall–Kier alpha value is -0.580. The number of carbonyl (C=O) groups is 1. The van der Waals surface area contributed by atoms with Gasteiger partial charge in [-0.1, -0.05) is 82.3 Å². The Kier molecular flexibility index (Phi) is 5.28. The van der Waals surface area contributed by atoms with Crippen molar-refractivity contribution in [3.8, 4) is 0 Å². The molecule has 0 fully saturated rings. The maximum atomic E-state index is 12.2. The maximum absolute atomic E-state index is 12.2. The van der Waals surface area contributed by atoms with Crippen LogP contribution in [0.3, 0.4) is 0 Å². The number of amides is 1. The number of alkyl halides is 1. The van der Waals surface area contributed by atoms with Gasteiger partial charge in [0.1, 0.15) is 0 Å². The van der Waals surface area contributed by atoms with Crippen LogP contribution in [0.1, 0.15) is 52.7 Å². The van der Waals surface area contributed by atoms with Gasteiger partial charge in [0.25, 0.3) is 0 Å². The zero-order valence-corrected chi connectivity index (χ0v) is 15.8. The summed E-state index contributed by atoms with van der Waals surface area (Å²) < 4.78 is 0.496. The van der Waals surface area contributed by atoms with E-state index in [-0.39, 0.29) is 16.7 Å². The highest BCUT2D eigenvalue weighted by molar-refractivity contribution is 14.1. The van der Waals surface area contributed by atoms with Gasteiger partial charge in [0.2, 0.25) is 5.91 Å². The molecule has 2 nitrogen and oxygen atoms in total. The van der Waals surface area contributed by atoms with Crippen molar-refractivity contribution in [3.05, 3.63) is 29.3 Å². The smallest absolute Gasteiger partial charge is 0.236 e. The Bertz CT molecular complexity index is 462. The molecule has 1 amide bonds. The topological polar surface area (TPSA) is 20.3 Å². The van der Waals surface area contributed by atoms with Crippen molar-refractivity contribution in [2.45, 2.75) is 52.4 Å². The molecule has 20 heavy (non-hydrogen) atoms. The molecule has 0 atom stereocenters. The molecule has 0 aliphatic carbocycles. The molecule has 0 unspecified atom stereocenters. The predicted molar refractivity (Wildman–Crippen MR) is 96.1 cm³/mol. The molecule has 3 heteroatoms. The fourth-order valence-electron chi connectivity index (χ4n) is 2.33. The van der Waals surface area contributed by atoms with E-state index in [0.717, 1.165) is 5.69 Å². The quantitative estimate of drug-likeness (QED) is 0.533. The predicted octanol–water partition coefficient (Wildman–Crippen LogP) is 4.68. The van der Waals surface area contributed by atoms with Gasteiger partial charge >= 0.3 is 0 Å². The van der Waals surface area contributed by atoms with E-state index in [4.69, 9.17) is 0 Å². The fraction of sp³-hybridized carbons (Fsp3) is 0.588. The second-order valence-electron chi connectivity index (χ2n) is 7.29. The average molecular weight is 387 g/mol. The lowest BCUT2D eigenvalue weighted by atomic mass is 9.78. The van der Waals surface area contributed by atoms with Gasteiger partial charge < -0.3 is 4.90 Å². The molecule has 0 saturated carbocycles. The summed E-state index contributed by atoms with van der Waals surface area (Å²) >= 11 is 2.13. The molecule has 0 aromatic heterocycles. The molecule has 1 aromatic carbocycles. The third-order valence-corrected chi connectivity index (χ3v) is 4.13. The van der Waals surface area contributed by atoms with Crippen molar-refractivity contribution < 1.29 is 4.79 Å². The van der Waals surface area contributed by atoms with E-state index in [1.54, 1.807) is 0 Å². The van der Waals surface area contributed by atoms with Crippen LogP contribution in [0.5, 0.6) is 0 Å². The van der Waals surface area contributed by atoms with Crippen molar-refractivity contribution in [2.24, 2.45) is 0 Å². The largest absolute Gasteiger partial charge is 0.314 e. The standard InChI is InChI=1S/C17H26INO/c1-16(2,3)12-9-8-10-13(17(4,5)6)15(12)19(7)14(20)11-18/h8-10H,11H2,1-7H3. The molecule has 0 aliphatic heterocycles. The zero-order valence-electron chi connectivity index (χ0n) is 13.7. The van der Waals surface area contributed by atoms with Crippen LogP contribution in [0.25, 0.3) is 0 Å². The van der Waals surface area contributed by atoms with Crippen molar-refractivity contribution in [3.63, 3.8) is 0 Å². The number of rotatable bonds is 2. The number of anilines is 1. The maximum Gasteiger partial charge on any atom is 0.236 e. The molecule has 0 radical (unpaired) electrons. The molecule has 0 spiro atoms. The zero-order chi connectivity index (χ0) is 15.7. The van der Waals surface area contributed by atoms with E-state index in [0.29, 0.717) is 4.43 Å². The second kappa shape index (κ2) is 6.04. The van der Waals surface area contributed by atoms with Gasteiger partial charge in [-0.05, 0) is 22.0 Å². The van der Waals surface area contributed by atoms with Gasteiger partial charge in [0, 0.05) is 7.05 Å². The first-order chi connectivity index (χ1) is 9.00. The van der Waals surface area contributed by atoms with Gasteiger partial charge in [-0.25, -0.2) is 0 Å². The minimum Gasteiger partial charge on any atom is -0.314 e. The molecule has 0 N–H and O–H groups in total. The molecule has 0 heterocycles. The SMILES string of the molecule is CN(C(=O)CI)c1c(C(C)(C)C)cccc1C(C)(C)C. The van der Waals surface area contributed by atoms with Crippen LogP contribution < -0.4 is 4.90 Å². The summed E-state index contributed by atoms with van der Waals surface area (Å²) in [4.78, 5) is 14.0. The number of nitrogens with zero attached hydrogens (tertiary/aromatic N) is 1. The number of para-hydroxylation sites is 1. The Morgan fingerprint density at radius 1 is 1.05 bits per heavy atom. The average Bonchev–Trinajstić information content (AvgIpc) is 2.33. The molecular formula is C17H26INO. The molecular weight excluding hydrogens is 361 g/mol. The van der Waals surface area contributed by atoms with Crippen LogP contribution in [-0.2, 0) is 15.6 Å². The van der Waals surface area contributed by atoms with E-state index in [1.807, 2.05) is 11.9 Å². The normalized spacial score (nSPS) is 12.4. The van der Waals surface area contributed by atoms with Crippen molar-refractivity contribution >= 4 is 34.2 Å². The van der Waals surface area contributed by atoms with Crippen LogP contribution in [0.2, 0.25) is 0 Å². The molecule has 112 valence electrons. The summed E-state index contributed by atoms with van der Waals surface area (Å²) in [5.41, 5.74) is 3.55. The molecule has 0 saturated heterocycles. The highest BCUT2D eigenvalue weighted by atomic mass is 127. The summed E-state index contributed by atoms with van der Waals surface area (Å²) in [6.07, 6.45) is 0. The fourth-order valence-corrected chi connectivity index (χ4v) is 2.84. The van der Waals surface area contributed by atoms with Crippen LogP contribution in [0.4, 0.5) is 5.69 Å². The van der Waals surface area contributed by atoms with E-state index in [1.165, 1.54) is 11.1 Å². The van der Waals surface area contributed by atoms with Crippen molar-refractivity contribution in [2.75, 3.05) is 16.4 Å². The van der Waals surface area contributed by atoms with Gasteiger partial charge in [-0.2, -0.15) is 0 Å². The lowest BCUT2D eigenvalue weighted by Crippen LogP contribution is -2.33. The number of halogens is 1. The van der Waals surface area contributed by atoms with Crippen LogP contribution in [0.15, 0.2) is 18.2 Å². The first kappa shape index (κ1) is 17.5. The number of hydrogen-bond acceptors (Lipinski definition) is 1. The number of benzene rings is 1. The summed E-state index contributed by atoms with van der Waals surface area (Å²) in [5.74, 6) is 0.146. The summed E-state index contributed by atoms with van der Waals surface area (Å²) in [7, 11) is 1.89. The molecule has 1 rings (SSSR count). The lowest BCUT2D eigenvalue weighted by molar-refractivity contribution is -0.115. The summed E-state index contributed by atoms with van der Waals surface area (Å²) in [6, 6.07) is 6.39. The minimum atomic E-state index is 0.0103. The first-order valence-electron chi connectivity index (χ1n) is 6.96. The third kappa shape index (κ3) is 3.74. The Morgan fingerprint density at radius 2 is 1.45 bits per heavy atom. The van der Waals surface area contributed by atoms with Crippen molar-refractivity contribution in [1.29, 1.82) is 0 Å². The van der Waals surface area contributed by atoms with E-state index in [2.05, 4.69) is 82.3 Å². The summed E-state index contributed by atoms with van der Waals surface area (Å²) in [6.45, 7) is 13.2. The molecule has 1 aromatic rings. The van der Waals surface area contributed by atoms with Crippen LogP contribution >= 0.6 is 22.6 Å². The number of carbonyl (C=O) groups excluding carboxylic acids is 1. The first-order valence-corrected chi connectivity index (χ1v) is 8.49. The van der Waals surface area contributed by atoms with Crippen LogP contribution in [0, 0.1) is 0 Å². The van der Waals surface area contributed by atoms with E-state index < -0.39 is 0 Å². The van der Waals surface area contributed by atoms with Gasteiger partial charge in [-0.15, -0.1) is 0 Å². The highest BCUT2D eigenvalue weighted by Crippen LogP contribution is 2.39. The Balaban J connectivity index is 3.61. The van der Waals surface area contributed by atoms with Gasteiger partial charge in [-0.3, -0.25) is 4.79 Å². The molecule has 0 aliphatic rings.